The lowest BCUT2D eigenvalue weighted by Crippen LogP contribution is -2.29. The van der Waals surface area contributed by atoms with Crippen LogP contribution in [0.3, 0.4) is 0 Å². The van der Waals surface area contributed by atoms with E-state index in [0.29, 0.717) is 10.7 Å². The Labute approximate surface area is 89.9 Å². The third-order valence-electron chi connectivity index (χ3n) is 2.11. The maximum atomic E-state index is 5.07. The third-order valence-corrected chi connectivity index (χ3v) is 2.47. The lowest BCUT2D eigenvalue weighted by Gasteiger charge is -2.22. The number of anilines is 1. The monoisotopic (exact) mass is 214 g/mol. The van der Waals surface area contributed by atoms with E-state index < -0.39 is 0 Å². The van der Waals surface area contributed by atoms with Gasteiger partial charge < -0.3 is 4.90 Å². The van der Waals surface area contributed by atoms with Crippen molar-refractivity contribution in [3.8, 4) is 0 Å². The van der Waals surface area contributed by atoms with E-state index in [1.165, 1.54) is 0 Å². The van der Waals surface area contributed by atoms with E-state index in [4.69, 9.17) is 12.2 Å². The average Bonchev–Trinajstić information content (AvgIpc) is 2.44. The molecule has 0 aliphatic rings. The first kappa shape index (κ1) is 11.2. The highest BCUT2D eigenvalue weighted by atomic mass is 32.1. The molecule has 0 atom stereocenters. The molecular formula is C9H18N4S. The first-order valence-electron chi connectivity index (χ1n) is 4.92. The van der Waals surface area contributed by atoms with Crippen LogP contribution in [-0.2, 0) is 7.05 Å². The first-order valence-corrected chi connectivity index (χ1v) is 5.33. The molecule has 1 rings (SSSR count). The predicted octanol–water partition coefficient (Wildman–Crippen LogP) is 1.96. The van der Waals surface area contributed by atoms with E-state index in [1.807, 2.05) is 11.6 Å². The van der Waals surface area contributed by atoms with Crippen LogP contribution in [0.25, 0.3) is 0 Å². The molecule has 0 saturated heterocycles. The molecule has 1 heterocycles. The molecule has 0 aromatic carbocycles. The molecule has 5 heteroatoms. The number of hydrogen-bond donors (Lipinski definition) is 1. The minimum absolute atomic E-state index is 0.625. The Balaban J connectivity index is 2.89. The minimum atomic E-state index is 0.625. The number of hydrogen-bond acceptors (Lipinski definition) is 3. The van der Waals surface area contributed by atoms with Gasteiger partial charge in [0.25, 0.3) is 0 Å². The van der Waals surface area contributed by atoms with E-state index >= 15 is 0 Å². The maximum absolute atomic E-state index is 5.07. The summed E-state index contributed by atoms with van der Waals surface area (Å²) in [5.74, 6) is 1.55. The molecule has 0 fully saturated rings. The Kier molecular flexibility index (Phi) is 3.69. The number of nitrogens with one attached hydrogen (secondary N) is 1. The van der Waals surface area contributed by atoms with Crippen molar-refractivity contribution < 1.29 is 0 Å². The van der Waals surface area contributed by atoms with Crippen molar-refractivity contribution in [2.24, 2.45) is 13.0 Å². The Morgan fingerprint density at radius 3 is 2.57 bits per heavy atom. The van der Waals surface area contributed by atoms with Gasteiger partial charge in [-0.1, -0.05) is 13.8 Å². The Bertz CT molecular complexity index is 339. The second kappa shape index (κ2) is 4.59. The zero-order valence-electron chi connectivity index (χ0n) is 9.24. The van der Waals surface area contributed by atoms with Gasteiger partial charge in [0.15, 0.2) is 4.77 Å². The van der Waals surface area contributed by atoms with Crippen molar-refractivity contribution in [2.45, 2.75) is 20.8 Å². The van der Waals surface area contributed by atoms with Crippen LogP contribution in [0.1, 0.15) is 20.8 Å². The summed E-state index contributed by atoms with van der Waals surface area (Å²) in [6.45, 7) is 8.48. The molecule has 0 spiro atoms. The van der Waals surface area contributed by atoms with Crippen LogP contribution in [0, 0.1) is 10.7 Å². The molecule has 0 amide bonds. The molecule has 4 nitrogen and oxygen atoms in total. The fraction of sp³-hybridized carbons (Fsp3) is 0.778. The van der Waals surface area contributed by atoms with Crippen LogP contribution in [-0.4, -0.2) is 27.9 Å². The molecule has 80 valence electrons. The summed E-state index contributed by atoms with van der Waals surface area (Å²) in [4.78, 5) is 2.22. The second-order valence-corrected chi connectivity index (χ2v) is 4.21. The van der Waals surface area contributed by atoms with Crippen LogP contribution in [0.15, 0.2) is 0 Å². The van der Waals surface area contributed by atoms with Gasteiger partial charge in [0, 0.05) is 20.1 Å². The molecule has 1 N–H and O–H groups in total. The average molecular weight is 214 g/mol. The molecular weight excluding hydrogens is 196 g/mol. The van der Waals surface area contributed by atoms with Gasteiger partial charge in [-0.15, -0.1) is 5.10 Å². The van der Waals surface area contributed by atoms with Crippen molar-refractivity contribution in [3.63, 3.8) is 0 Å². The second-order valence-electron chi connectivity index (χ2n) is 3.82. The Morgan fingerprint density at radius 2 is 2.21 bits per heavy atom. The number of aromatic nitrogens is 3. The van der Waals surface area contributed by atoms with Gasteiger partial charge >= 0.3 is 0 Å². The van der Waals surface area contributed by atoms with E-state index in [0.717, 1.165) is 19.0 Å². The molecule has 0 unspecified atom stereocenters. The van der Waals surface area contributed by atoms with Crippen molar-refractivity contribution in [1.29, 1.82) is 0 Å². The highest BCUT2D eigenvalue weighted by molar-refractivity contribution is 7.71. The molecule has 0 aliphatic heterocycles. The minimum Gasteiger partial charge on any atom is -0.341 e. The Morgan fingerprint density at radius 1 is 1.57 bits per heavy atom. The summed E-state index contributed by atoms with van der Waals surface area (Å²) >= 11 is 5.07. The maximum Gasteiger partial charge on any atom is 0.225 e. The lowest BCUT2D eigenvalue weighted by molar-refractivity contribution is 0.601. The van der Waals surface area contributed by atoms with Gasteiger partial charge in [-0.05, 0) is 25.1 Å². The van der Waals surface area contributed by atoms with Gasteiger partial charge in [0.05, 0.1) is 0 Å². The van der Waals surface area contributed by atoms with Crippen LogP contribution in [0.4, 0.5) is 5.95 Å². The normalized spacial score (nSPS) is 10.9. The SMILES string of the molecule is CCN(CC(C)C)c1n[nH]c(=S)n1C. The molecule has 0 aliphatic carbocycles. The van der Waals surface area contributed by atoms with Crippen molar-refractivity contribution in [3.05, 3.63) is 4.77 Å². The molecule has 1 aromatic heterocycles. The summed E-state index contributed by atoms with van der Waals surface area (Å²) in [7, 11) is 1.93. The van der Waals surface area contributed by atoms with Crippen molar-refractivity contribution >= 4 is 18.2 Å². The number of H-pyrrole nitrogens is 1. The third kappa shape index (κ3) is 2.35. The smallest absolute Gasteiger partial charge is 0.225 e. The van der Waals surface area contributed by atoms with Crippen LogP contribution >= 0.6 is 12.2 Å². The summed E-state index contributed by atoms with van der Waals surface area (Å²) < 4.78 is 2.57. The van der Waals surface area contributed by atoms with Gasteiger partial charge in [0.1, 0.15) is 0 Å². The van der Waals surface area contributed by atoms with Gasteiger partial charge in [-0.2, -0.15) is 0 Å². The van der Waals surface area contributed by atoms with Crippen LogP contribution in [0.5, 0.6) is 0 Å². The quantitative estimate of drug-likeness (QED) is 0.778. The topological polar surface area (TPSA) is 36.9 Å². The van der Waals surface area contributed by atoms with E-state index in [-0.39, 0.29) is 0 Å². The molecule has 0 radical (unpaired) electrons. The lowest BCUT2D eigenvalue weighted by atomic mass is 10.2. The van der Waals surface area contributed by atoms with E-state index in [2.05, 4.69) is 35.9 Å². The molecule has 1 aromatic rings. The summed E-state index contributed by atoms with van der Waals surface area (Å²) in [6, 6.07) is 0. The largest absolute Gasteiger partial charge is 0.341 e. The first-order chi connectivity index (χ1) is 6.56. The predicted molar refractivity (Wildman–Crippen MR) is 61.1 cm³/mol. The van der Waals surface area contributed by atoms with E-state index in [1.54, 1.807) is 0 Å². The molecule has 14 heavy (non-hydrogen) atoms. The summed E-state index contributed by atoms with van der Waals surface area (Å²) in [6.07, 6.45) is 0. The number of aromatic amines is 1. The van der Waals surface area contributed by atoms with Crippen molar-refractivity contribution in [1.82, 2.24) is 14.8 Å². The van der Waals surface area contributed by atoms with Crippen LogP contribution < -0.4 is 4.90 Å². The zero-order valence-corrected chi connectivity index (χ0v) is 10.1. The fourth-order valence-corrected chi connectivity index (χ4v) is 1.54. The standard InChI is InChI=1S/C9H18N4S/c1-5-13(6-7(2)3)8-10-11-9(14)12(8)4/h7H,5-6H2,1-4H3,(H,11,14). The molecule has 0 saturated carbocycles. The van der Waals surface area contributed by atoms with Gasteiger partial charge in [-0.25, -0.2) is 5.10 Å². The number of rotatable bonds is 4. The summed E-state index contributed by atoms with van der Waals surface area (Å²) in [5, 5.41) is 7.01. The zero-order chi connectivity index (χ0) is 10.7. The Hall–Kier alpha value is -0.840. The van der Waals surface area contributed by atoms with Crippen molar-refractivity contribution in [2.75, 3.05) is 18.0 Å². The highest BCUT2D eigenvalue weighted by Crippen LogP contribution is 2.11. The fourth-order valence-electron chi connectivity index (χ4n) is 1.41. The highest BCUT2D eigenvalue weighted by Gasteiger charge is 2.11. The van der Waals surface area contributed by atoms with Gasteiger partial charge in [0.2, 0.25) is 5.95 Å². The van der Waals surface area contributed by atoms with Gasteiger partial charge in [-0.3, -0.25) is 4.57 Å². The van der Waals surface area contributed by atoms with E-state index in [9.17, 15) is 0 Å². The molecule has 0 bridgehead atoms. The van der Waals surface area contributed by atoms with Crippen LogP contribution in [0.2, 0.25) is 0 Å². The number of nitrogens with zero attached hydrogens (tertiary/aromatic N) is 3. The summed E-state index contributed by atoms with van der Waals surface area (Å²) in [5.41, 5.74) is 0.